The number of hydrogen-bond acceptors (Lipinski definition) is 3. The highest BCUT2D eigenvalue weighted by atomic mass is 16.2. The van der Waals surface area contributed by atoms with Crippen molar-refractivity contribution in [1.82, 2.24) is 10.2 Å². The molecular weight excluding hydrogens is 252 g/mol. The van der Waals surface area contributed by atoms with Crippen LogP contribution < -0.4 is 5.32 Å². The zero-order valence-corrected chi connectivity index (χ0v) is 11.9. The monoisotopic (exact) mass is 270 g/mol. The summed E-state index contributed by atoms with van der Waals surface area (Å²) in [4.78, 5) is 24.8. The Morgan fingerprint density at radius 2 is 1.85 bits per heavy atom. The maximum atomic E-state index is 11.9. The van der Waals surface area contributed by atoms with Crippen molar-refractivity contribution < 1.29 is 9.59 Å². The largest absolute Gasteiger partial charge is 0.361 e. The van der Waals surface area contributed by atoms with E-state index in [0.717, 1.165) is 17.0 Å². The number of hydrogen-bond donors (Lipinski definition) is 1. The quantitative estimate of drug-likeness (QED) is 0.840. The lowest BCUT2D eigenvalue weighted by Gasteiger charge is -2.37. The molecule has 1 aromatic rings. The number of carbonyl (C=O) groups excluding carboxylic acids is 2. The normalized spacial score (nSPS) is 20.4. The van der Waals surface area contributed by atoms with Gasteiger partial charge in [0.1, 0.15) is 6.17 Å². The summed E-state index contributed by atoms with van der Waals surface area (Å²) >= 11 is 0. The molecule has 0 bridgehead atoms. The van der Waals surface area contributed by atoms with E-state index in [0.29, 0.717) is 0 Å². The van der Waals surface area contributed by atoms with Crippen molar-refractivity contribution in [1.29, 1.82) is 0 Å². The number of carbonyl (C=O) groups is 2. The molecule has 1 aliphatic heterocycles. The molecule has 4 nitrogen and oxygen atoms in total. The van der Waals surface area contributed by atoms with E-state index in [-0.39, 0.29) is 17.9 Å². The molecule has 1 aromatic carbocycles. The molecule has 1 amide bonds. The minimum atomic E-state index is -0.288. The van der Waals surface area contributed by atoms with Crippen LogP contribution in [0.5, 0.6) is 0 Å². The molecule has 0 fully saturated rings. The Morgan fingerprint density at radius 1 is 1.20 bits per heavy atom. The maximum absolute atomic E-state index is 11.9. The van der Waals surface area contributed by atoms with Crippen molar-refractivity contribution in [2.75, 3.05) is 0 Å². The van der Waals surface area contributed by atoms with Gasteiger partial charge in [-0.25, -0.2) is 0 Å². The molecule has 0 saturated heterocycles. The number of rotatable bonds is 2. The minimum absolute atomic E-state index is 0.0281. The van der Waals surface area contributed by atoms with Crippen molar-refractivity contribution in [2.45, 2.75) is 26.9 Å². The lowest BCUT2D eigenvalue weighted by atomic mass is 10.1. The zero-order chi connectivity index (χ0) is 14.7. The summed E-state index contributed by atoms with van der Waals surface area (Å²) in [5, 5.41) is 3.23. The van der Waals surface area contributed by atoms with Crippen molar-refractivity contribution in [3.8, 4) is 0 Å². The third-order valence-corrected chi connectivity index (χ3v) is 3.12. The fraction of sp³-hybridized carbons (Fsp3) is 0.250. The molecule has 0 saturated carbocycles. The SMILES string of the molecule is CC(=O)C=C1C=C(C)N(C(C)=O)C(c2ccccc2)N1. The Kier molecular flexibility index (Phi) is 4.03. The first-order valence-corrected chi connectivity index (χ1v) is 6.51. The van der Waals surface area contributed by atoms with Crippen LogP contribution in [0.1, 0.15) is 32.5 Å². The van der Waals surface area contributed by atoms with Gasteiger partial charge >= 0.3 is 0 Å². The predicted octanol–water partition coefficient (Wildman–Crippen LogP) is 2.51. The van der Waals surface area contributed by atoms with E-state index in [1.165, 1.54) is 19.9 Å². The molecular formula is C16H18N2O2. The molecule has 1 aliphatic rings. The van der Waals surface area contributed by atoms with Crippen molar-refractivity contribution in [3.63, 3.8) is 0 Å². The summed E-state index contributed by atoms with van der Waals surface area (Å²) in [6.45, 7) is 4.91. The Hall–Kier alpha value is -2.36. The molecule has 0 aromatic heterocycles. The minimum Gasteiger partial charge on any atom is -0.361 e. The number of nitrogens with one attached hydrogen (secondary N) is 1. The predicted molar refractivity (Wildman–Crippen MR) is 77.4 cm³/mol. The Morgan fingerprint density at radius 3 is 2.40 bits per heavy atom. The topological polar surface area (TPSA) is 49.4 Å². The van der Waals surface area contributed by atoms with Gasteiger partial charge in [0.15, 0.2) is 5.78 Å². The van der Waals surface area contributed by atoms with Gasteiger partial charge < -0.3 is 5.32 Å². The van der Waals surface area contributed by atoms with Gasteiger partial charge in [-0.05, 0) is 25.5 Å². The molecule has 0 aliphatic carbocycles. The van der Waals surface area contributed by atoms with E-state index in [9.17, 15) is 9.59 Å². The first kappa shape index (κ1) is 14.1. The van der Waals surface area contributed by atoms with Gasteiger partial charge in [-0.3, -0.25) is 14.5 Å². The fourth-order valence-electron chi connectivity index (χ4n) is 2.36. The Bertz CT molecular complexity index is 588. The summed E-state index contributed by atoms with van der Waals surface area (Å²) < 4.78 is 0. The lowest BCUT2D eigenvalue weighted by Crippen LogP contribution is -2.42. The number of allylic oxidation sites excluding steroid dienone is 3. The molecule has 1 heterocycles. The van der Waals surface area contributed by atoms with Crippen LogP contribution in [0.4, 0.5) is 0 Å². The van der Waals surface area contributed by atoms with E-state index in [1.54, 1.807) is 4.90 Å². The average Bonchev–Trinajstić information content (AvgIpc) is 2.37. The van der Waals surface area contributed by atoms with Gasteiger partial charge in [0.25, 0.3) is 0 Å². The van der Waals surface area contributed by atoms with Gasteiger partial charge in [0.2, 0.25) is 5.91 Å². The fourth-order valence-corrected chi connectivity index (χ4v) is 2.36. The zero-order valence-electron chi connectivity index (χ0n) is 11.9. The Labute approximate surface area is 118 Å². The van der Waals surface area contributed by atoms with Crippen molar-refractivity contribution >= 4 is 11.7 Å². The summed E-state index contributed by atoms with van der Waals surface area (Å²) in [6, 6.07) is 9.70. The van der Waals surface area contributed by atoms with Crippen molar-refractivity contribution in [2.24, 2.45) is 0 Å². The molecule has 1 atom stereocenters. The third-order valence-electron chi connectivity index (χ3n) is 3.12. The van der Waals surface area contributed by atoms with E-state index < -0.39 is 0 Å². The molecule has 4 heteroatoms. The third kappa shape index (κ3) is 2.96. The number of benzene rings is 1. The first-order chi connectivity index (χ1) is 9.49. The number of nitrogens with zero attached hydrogens (tertiary/aromatic N) is 1. The summed E-state index contributed by atoms with van der Waals surface area (Å²) in [5.74, 6) is -0.0679. The Balaban J connectivity index is 2.45. The second-order valence-electron chi connectivity index (χ2n) is 4.84. The smallest absolute Gasteiger partial charge is 0.225 e. The summed E-state index contributed by atoms with van der Waals surface area (Å²) in [6.07, 6.45) is 3.06. The standard InChI is InChI=1S/C16H18N2O2/c1-11-9-15(10-12(2)19)17-16(18(11)13(3)20)14-7-5-4-6-8-14/h4-10,16-17H,1-3H3. The van der Waals surface area contributed by atoms with E-state index in [1.807, 2.05) is 43.3 Å². The van der Waals surface area contributed by atoms with Gasteiger partial charge in [-0.15, -0.1) is 0 Å². The second-order valence-corrected chi connectivity index (χ2v) is 4.84. The number of amides is 1. The van der Waals surface area contributed by atoms with Crippen LogP contribution in [0.3, 0.4) is 0 Å². The van der Waals surface area contributed by atoms with Crippen LogP contribution in [-0.2, 0) is 9.59 Å². The van der Waals surface area contributed by atoms with Crippen molar-refractivity contribution in [3.05, 3.63) is 59.4 Å². The molecule has 104 valence electrons. The molecule has 1 N–H and O–H groups in total. The van der Waals surface area contributed by atoms with Crippen LogP contribution in [-0.4, -0.2) is 16.6 Å². The van der Waals surface area contributed by atoms with E-state index in [4.69, 9.17) is 0 Å². The highest BCUT2D eigenvalue weighted by Gasteiger charge is 2.27. The summed E-state index contributed by atoms with van der Waals surface area (Å²) in [7, 11) is 0. The second kappa shape index (κ2) is 5.74. The molecule has 0 spiro atoms. The average molecular weight is 270 g/mol. The molecule has 0 radical (unpaired) electrons. The molecule has 20 heavy (non-hydrogen) atoms. The highest BCUT2D eigenvalue weighted by molar-refractivity contribution is 5.88. The summed E-state index contributed by atoms with van der Waals surface area (Å²) in [5.41, 5.74) is 2.52. The van der Waals surface area contributed by atoms with Crippen LogP contribution in [0.25, 0.3) is 0 Å². The van der Waals surface area contributed by atoms with Gasteiger partial charge in [-0.1, -0.05) is 30.3 Å². The number of ketones is 1. The van der Waals surface area contributed by atoms with Crippen LogP contribution in [0, 0.1) is 0 Å². The highest BCUT2D eigenvalue weighted by Crippen LogP contribution is 2.28. The maximum Gasteiger partial charge on any atom is 0.225 e. The van der Waals surface area contributed by atoms with Gasteiger partial charge in [0, 0.05) is 24.4 Å². The van der Waals surface area contributed by atoms with Crippen LogP contribution >= 0.6 is 0 Å². The lowest BCUT2D eigenvalue weighted by molar-refractivity contribution is -0.129. The molecule has 2 rings (SSSR count). The van der Waals surface area contributed by atoms with Crippen LogP contribution in [0.15, 0.2) is 53.9 Å². The molecule has 1 unspecified atom stereocenters. The van der Waals surface area contributed by atoms with Gasteiger partial charge in [-0.2, -0.15) is 0 Å². The van der Waals surface area contributed by atoms with E-state index in [2.05, 4.69) is 5.32 Å². The van der Waals surface area contributed by atoms with Crippen LogP contribution in [0.2, 0.25) is 0 Å². The van der Waals surface area contributed by atoms with Gasteiger partial charge in [0.05, 0.1) is 0 Å². The first-order valence-electron chi connectivity index (χ1n) is 6.51. The van der Waals surface area contributed by atoms with E-state index >= 15 is 0 Å².